The van der Waals surface area contributed by atoms with Crippen LogP contribution in [-0.2, 0) is 11.2 Å². The summed E-state index contributed by atoms with van der Waals surface area (Å²) in [5.74, 6) is -2.89. The van der Waals surface area contributed by atoms with Gasteiger partial charge in [-0.15, -0.1) is 0 Å². The highest BCUT2D eigenvalue weighted by atomic mass is 19.3. The highest BCUT2D eigenvalue weighted by Crippen LogP contribution is 2.29. The highest BCUT2D eigenvalue weighted by Gasteiger charge is 2.25. The maximum atomic E-state index is 12.4. The molecule has 0 bridgehead atoms. The summed E-state index contributed by atoms with van der Waals surface area (Å²) in [6, 6.07) is 0.694. The van der Waals surface area contributed by atoms with Crippen LogP contribution in [-0.4, -0.2) is 21.0 Å². The summed E-state index contributed by atoms with van der Waals surface area (Å²) >= 11 is 0. The molecule has 1 aromatic rings. The Bertz CT molecular complexity index is 478. The number of nitro groups is 1. The largest absolute Gasteiger partial charge is 0.481 e. The molecule has 9 heteroatoms. The van der Waals surface area contributed by atoms with Crippen LogP contribution in [0.4, 0.5) is 20.4 Å². The third-order valence-electron chi connectivity index (χ3n) is 1.89. The minimum absolute atomic E-state index is 0.410. The molecular formula is C8H7F2N3O4. The fourth-order valence-electron chi connectivity index (χ4n) is 1.20. The fraction of sp³-hybridized carbons (Fsp3) is 0.250. The van der Waals surface area contributed by atoms with Crippen molar-refractivity contribution in [3.8, 4) is 0 Å². The number of hydrogen-bond acceptors (Lipinski definition) is 5. The second kappa shape index (κ2) is 4.68. The molecule has 0 unspecified atom stereocenters. The molecule has 0 fully saturated rings. The van der Waals surface area contributed by atoms with Gasteiger partial charge in [-0.05, 0) is 16.0 Å². The van der Waals surface area contributed by atoms with Crippen LogP contribution >= 0.6 is 0 Å². The van der Waals surface area contributed by atoms with Crippen LogP contribution in [0.5, 0.6) is 0 Å². The molecule has 0 saturated heterocycles. The molecule has 92 valence electrons. The monoisotopic (exact) mass is 247 g/mol. The van der Waals surface area contributed by atoms with Crippen molar-refractivity contribution in [2.45, 2.75) is 12.8 Å². The number of rotatable bonds is 4. The van der Waals surface area contributed by atoms with E-state index in [9.17, 15) is 23.7 Å². The molecular weight excluding hydrogens is 240 g/mol. The van der Waals surface area contributed by atoms with Gasteiger partial charge in [0.25, 0.3) is 6.43 Å². The molecule has 0 aliphatic heterocycles. The van der Waals surface area contributed by atoms with E-state index in [1.807, 2.05) is 0 Å². The number of carboxylic acids is 1. The zero-order valence-electron chi connectivity index (χ0n) is 8.26. The van der Waals surface area contributed by atoms with Gasteiger partial charge in [-0.3, -0.25) is 4.79 Å². The van der Waals surface area contributed by atoms with Crippen LogP contribution in [0.15, 0.2) is 6.07 Å². The van der Waals surface area contributed by atoms with Gasteiger partial charge in [0.1, 0.15) is 0 Å². The van der Waals surface area contributed by atoms with E-state index in [-0.39, 0.29) is 0 Å². The minimum atomic E-state index is -2.98. The lowest BCUT2D eigenvalue weighted by molar-refractivity contribution is -0.390. The first-order valence-electron chi connectivity index (χ1n) is 4.26. The molecule has 0 aliphatic carbocycles. The average molecular weight is 247 g/mol. The molecule has 1 heterocycles. The molecule has 3 N–H and O–H groups in total. The van der Waals surface area contributed by atoms with Crippen molar-refractivity contribution in [3.05, 3.63) is 27.3 Å². The van der Waals surface area contributed by atoms with Crippen LogP contribution < -0.4 is 5.73 Å². The van der Waals surface area contributed by atoms with E-state index < -0.39 is 46.5 Å². The minimum Gasteiger partial charge on any atom is -0.481 e. The van der Waals surface area contributed by atoms with Gasteiger partial charge >= 0.3 is 11.8 Å². The lowest BCUT2D eigenvalue weighted by atomic mass is 10.1. The SMILES string of the molecule is Nc1nc([N+](=O)[O-])c(CC(=O)O)cc1C(F)F. The summed E-state index contributed by atoms with van der Waals surface area (Å²) in [6.45, 7) is 0. The van der Waals surface area contributed by atoms with Crippen molar-refractivity contribution < 1.29 is 23.6 Å². The Balaban J connectivity index is 3.36. The summed E-state index contributed by atoms with van der Waals surface area (Å²) in [4.78, 5) is 23.2. The van der Waals surface area contributed by atoms with Gasteiger partial charge in [-0.25, -0.2) is 8.78 Å². The molecule has 0 aliphatic rings. The standard InChI is InChI=1S/C8H7F2N3O4/c9-6(10)4-1-3(2-5(14)15)8(13(16)17)12-7(4)11/h1,6H,2H2,(H2,11,12)(H,14,15). The Hall–Kier alpha value is -2.32. The van der Waals surface area contributed by atoms with E-state index in [2.05, 4.69) is 4.98 Å². The van der Waals surface area contributed by atoms with E-state index in [0.717, 1.165) is 0 Å². The maximum Gasteiger partial charge on any atom is 0.369 e. The zero-order chi connectivity index (χ0) is 13.2. The molecule has 1 rings (SSSR count). The molecule has 0 atom stereocenters. The first kappa shape index (κ1) is 12.7. The third kappa shape index (κ3) is 2.83. The number of aliphatic carboxylic acids is 1. The topological polar surface area (TPSA) is 119 Å². The Morgan fingerprint density at radius 3 is 2.65 bits per heavy atom. The second-order valence-corrected chi connectivity index (χ2v) is 3.07. The molecule has 17 heavy (non-hydrogen) atoms. The van der Waals surface area contributed by atoms with Gasteiger partial charge in [-0.2, -0.15) is 0 Å². The fourth-order valence-corrected chi connectivity index (χ4v) is 1.20. The Morgan fingerprint density at radius 1 is 1.65 bits per heavy atom. The van der Waals surface area contributed by atoms with E-state index in [1.165, 1.54) is 0 Å². The van der Waals surface area contributed by atoms with Crippen molar-refractivity contribution in [1.29, 1.82) is 0 Å². The van der Waals surface area contributed by atoms with Gasteiger partial charge < -0.3 is 21.0 Å². The lowest BCUT2D eigenvalue weighted by Gasteiger charge is -2.04. The third-order valence-corrected chi connectivity index (χ3v) is 1.89. The van der Waals surface area contributed by atoms with Crippen LogP contribution in [0.2, 0.25) is 0 Å². The number of anilines is 1. The summed E-state index contributed by atoms with van der Waals surface area (Å²) < 4.78 is 24.9. The lowest BCUT2D eigenvalue weighted by Crippen LogP contribution is -2.09. The van der Waals surface area contributed by atoms with Crippen molar-refractivity contribution >= 4 is 17.6 Å². The molecule has 0 aromatic carbocycles. The van der Waals surface area contributed by atoms with Crippen molar-refractivity contribution in [3.63, 3.8) is 0 Å². The number of carboxylic acid groups (broad SMARTS) is 1. The molecule has 1 aromatic heterocycles. The molecule has 0 radical (unpaired) electrons. The summed E-state index contributed by atoms with van der Waals surface area (Å²) in [7, 11) is 0. The highest BCUT2D eigenvalue weighted by molar-refractivity contribution is 5.72. The van der Waals surface area contributed by atoms with Crippen LogP contribution in [0.25, 0.3) is 0 Å². The molecule has 0 spiro atoms. The number of aromatic nitrogens is 1. The predicted molar refractivity (Wildman–Crippen MR) is 51.6 cm³/mol. The van der Waals surface area contributed by atoms with Gasteiger partial charge in [-0.1, -0.05) is 0 Å². The van der Waals surface area contributed by atoms with Crippen LogP contribution in [0, 0.1) is 10.1 Å². The average Bonchev–Trinajstić information content (AvgIpc) is 2.18. The Morgan fingerprint density at radius 2 is 2.24 bits per heavy atom. The Labute approximate surface area is 93.0 Å². The van der Waals surface area contributed by atoms with Gasteiger partial charge in [0.15, 0.2) is 0 Å². The number of halogens is 2. The number of nitrogens with zero attached hydrogens (tertiary/aromatic N) is 2. The molecule has 0 amide bonds. The van der Waals surface area contributed by atoms with Gasteiger partial charge in [0.05, 0.1) is 17.5 Å². The number of hydrogen-bond donors (Lipinski definition) is 2. The normalized spacial score (nSPS) is 10.5. The number of nitrogens with two attached hydrogens (primary N) is 1. The number of pyridine rings is 1. The van der Waals surface area contributed by atoms with Crippen molar-refractivity contribution in [2.75, 3.05) is 5.73 Å². The molecule has 0 saturated carbocycles. The van der Waals surface area contributed by atoms with Crippen LogP contribution in [0.1, 0.15) is 17.6 Å². The quantitative estimate of drug-likeness (QED) is 0.608. The maximum absolute atomic E-state index is 12.4. The summed E-state index contributed by atoms with van der Waals surface area (Å²) in [6.07, 6.45) is -3.75. The van der Waals surface area contributed by atoms with E-state index in [4.69, 9.17) is 10.8 Å². The van der Waals surface area contributed by atoms with Crippen LogP contribution in [0.3, 0.4) is 0 Å². The van der Waals surface area contributed by atoms with E-state index in [1.54, 1.807) is 0 Å². The van der Waals surface area contributed by atoms with Gasteiger partial charge in [0.2, 0.25) is 5.82 Å². The number of carbonyl (C=O) groups is 1. The van der Waals surface area contributed by atoms with Crippen molar-refractivity contribution in [2.24, 2.45) is 0 Å². The summed E-state index contributed by atoms with van der Waals surface area (Å²) in [5.41, 5.74) is 3.99. The van der Waals surface area contributed by atoms with E-state index in [0.29, 0.717) is 6.07 Å². The smallest absolute Gasteiger partial charge is 0.369 e. The first-order chi connectivity index (χ1) is 7.82. The number of alkyl halides is 2. The van der Waals surface area contributed by atoms with Gasteiger partial charge in [0, 0.05) is 0 Å². The number of nitrogen functional groups attached to an aromatic ring is 1. The second-order valence-electron chi connectivity index (χ2n) is 3.07. The molecule has 7 nitrogen and oxygen atoms in total. The van der Waals surface area contributed by atoms with E-state index >= 15 is 0 Å². The Kier molecular flexibility index (Phi) is 3.51. The predicted octanol–water partition coefficient (Wildman–Crippen LogP) is 1.14. The summed E-state index contributed by atoms with van der Waals surface area (Å²) in [5, 5.41) is 19.0. The first-order valence-corrected chi connectivity index (χ1v) is 4.26. The van der Waals surface area contributed by atoms with Crippen molar-refractivity contribution in [1.82, 2.24) is 4.98 Å². The zero-order valence-corrected chi connectivity index (χ0v) is 8.26.